The quantitative estimate of drug-likeness (QED) is 0.0639. The van der Waals surface area contributed by atoms with Gasteiger partial charge in [-0.05, 0) is 113 Å². The predicted octanol–water partition coefficient (Wildman–Crippen LogP) is 13.3. The Morgan fingerprint density at radius 1 is 0.552 bits per heavy atom. The predicted molar refractivity (Wildman–Crippen MR) is 238 cm³/mol. The van der Waals surface area contributed by atoms with E-state index in [1.165, 1.54) is 103 Å². The van der Waals surface area contributed by atoms with E-state index < -0.39 is 9.04 Å². The molecule has 0 saturated carbocycles. The van der Waals surface area contributed by atoms with Crippen LogP contribution in [0.1, 0.15) is 181 Å². The third-order valence-corrected chi connectivity index (χ3v) is 18.8. The third kappa shape index (κ3) is 7.64. The van der Waals surface area contributed by atoms with Gasteiger partial charge < -0.3 is 4.43 Å². The Morgan fingerprint density at radius 2 is 0.862 bits per heavy atom. The van der Waals surface area contributed by atoms with Crippen LogP contribution in [0.15, 0.2) is 66.7 Å². The van der Waals surface area contributed by atoms with Crippen molar-refractivity contribution in [2.75, 3.05) is 0 Å². The van der Waals surface area contributed by atoms with Gasteiger partial charge in [0, 0.05) is 0 Å². The molecule has 3 nitrogen and oxygen atoms in total. The smallest absolute Gasteiger partial charge is 2.00 e. The van der Waals surface area contributed by atoms with Crippen molar-refractivity contribution in [1.82, 2.24) is 0 Å². The van der Waals surface area contributed by atoms with Gasteiger partial charge in [-0.2, -0.15) is 33.0 Å². The summed E-state index contributed by atoms with van der Waals surface area (Å²) < 4.78 is 22.5. The molecular formula is C53H70O3SiW. The average molecular weight is 967 g/mol. The van der Waals surface area contributed by atoms with Crippen molar-refractivity contribution in [3.05, 3.63) is 141 Å². The van der Waals surface area contributed by atoms with E-state index in [2.05, 4.69) is 170 Å². The van der Waals surface area contributed by atoms with Crippen LogP contribution in [0.4, 0.5) is 0 Å². The molecule has 3 aliphatic rings. The van der Waals surface area contributed by atoms with Crippen molar-refractivity contribution in [2.24, 2.45) is 0 Å². The molecule has 0 radical (unpaired) electrons. The van der Waals surface area contributed by atoms with E-state index in [-0.39, 0.29) is 47.9 Å². The van der Waals surface area contributed by atoms with Crippen molar-refractivity contribution in [3.8, 4) is 0 Å². The molecule has 0 unspecified atom stereocenters. The second-order valence-electron chi connectivity index (χ2n) is 17.4. The van der Waals surface area contributed by atoms with Crippen LogP contribution < -0.4 is 5.19 Å². The zero-order valence-electron chi connectivity index (χ0n) is 38.1. The standard InChI is InChI=1S/C41H55OSi.C10H15.2CO.W/c1-9-37(10-2)28-39(13-5,14-6)34-32(37)27-33-35(40(15-7,16-8)29-38(33,11-3)12-4)36(34)43-41(42-43,30-23-19-17-20-24-30)31-25-21-18-22-26-31;1-6-7(2)9(4)10(5)8(6)3;2*1-2;/h17-27H,9-16,28-29H2,1-8H3;1-5H3;;;/q2*-1;;;+2. The summed E-state index contributed by atoms with van der Waals surface area (Å²) in [7, 11) is -1.42. The third-order valence-electron chi connectivity index (χ3n) is 16.2. The molecule has 1 heterocycles. The Kier molecular flexibility index (Phi) is 17.0. The molecule has 0 atom stereocenters. The van der Waals surface area contributed by atoms with E-state index in [1.54, 1.807) is 27.4 Å². The fraction of sp³-hybridized carbons (Fsp3) is 0.528. The second-order valence-corrected chi connectivity index (χ2v) is 19.4. The van der Waals surface area contributed by atoms with Gasteiger partial charge in [0.05, 0.1) is 0 Å². The SMILES string of the molecule is CCC1(CC)CC(CC)(CC)c2c1cc1c(c2[Si-]2OC2(c2ccccc2)c2ccccc2)C(CC)(CC)CC1(CC)CC.Cc1c(C)c(C)[c-](C)c1C.[C-]#[O+].[C-]#[O+].[W+2]. The topological polar surface area (TPSA) is 52.3 Å². The molecule has 1 aliphatic heterocycles. The van der Waals surface area contributed by atoms with E-state index >= 15 is 0 Å². The number of hydrogen-bond acceptors (Lipinski definition) is 1. The number of benzene rings is 3. The van der Waals surface area contributed by atoms with Crippen LogP contribution in [0.25, 0.3) is 0 Å². The van der Waals surface area contributed by atoms with Gasteiger partial charge in [0.1, 0.15) is 0 Å². The molecule has 0 amide bonds. The maximum Gasteiger partial charge on any atom is 2.00 e. The average Bonchev–Trinajstić information content (AvgIpc) is 3.84. The number of fused-ring (bicyclic) bond motifs is 2. The molecule has 0 bridgehead atoms. The van der Waals surface area contributed by atoms with Crippen molar-refractivity contribution in [3.63, 3.8) is 0 Å². The Balaban J connectivity index is 0.000000517. The van der Waals surface area contributed by atoms with Crippen LogP contribution in [0.2, 0.25) is 0 Å². The Hall–Kier alpha value is -2.64. The van der Waals surface area contributed by atoms with Crippen LogP contribution in [-0.4, -0.2) is 9.04 Å². The van der Waals surface area contributed by atoms with E-state index in [9.17, 15) is 0 Å². The van der Waals surface area contributed by atoms with Gasteiger partial charge in [-0.15, -0.1) is 9.04 Å². The largest absolute Gasteiger partial charge is 2.00 e. The molecule has 1 saturated heterocycles. The van der Waals surface area contributed by atoms with Gasteiger partial charge in [0.25, 0.3) is 0 Å². The summed E-state index contributed by atoms with van der Waals surface area (Å²) in [5.41, 5.74) is 17.9. The molecule has 0 aromatic heterocycles. The molecule has 310 valence electrons. The van der Waals surface area contributed by atoms with Crippen molar-refractivity contribution in [2.45, 2.75) is 181 Å². The summed E-state index contributed by atoms with van der Waals surface area (Å²) in [6.45, 7) is 39.8. The molecule has 1 fully saturated rings. The number of rotatable bonds is 11. The summed E-state index contributed by atoms with van der Waals surface area (Å²) in [6.07, 6.45) is 12.3. The summed E-state index contributed by atoms with van der Waals surface area (Å²) in [4.78, 5) is 0. The summed E-state index contributed by atoms with van der Waals surface area (Å²) >= 11 is 0. The zero-order chi connectivity index (χ0) is 42.6. The van der Waals surface area contributed by atoms with Crippen LogP contribution in [-0.2, 0) is 61.7 Å². The fourth-order valence-corrected chi connectivity index (χ4v) is 14.8. The first-order valence-corrected chi connectivity index (χ1v) is 23.3. The first-order valence-electron chi connectivity index (χ1n) is 21.9. The maximum atomic E-state index is 7.50. The van der Waals surface area contributed by atoms with Gasteiger partial charge in [-0.3, -0.25) is 0 Å². The minimum atomic E-state index is -1.42. The van der Waals surface area contributed by atoms with Gasteiger partial charge in [-0.1, -0.05) is 168 Å². The molecule has 7 rings (SSSR count). The van der Waals surface area contributed by atoms with Crippen LogP contribution in [0.3, 0.4) is 0 Å². The van der Waals surface area contributed by atoms with E-state index in [0.717, 1.165) is 0 Å². The second kappa shape index (κ2) is 19.8. The van der Waals surface area contributed by atoms with Crippen molar-refractivity contribution >= 4 is 14.2 Å². The molecule has 5 heteroatoms. The summed E-state index contributed by atoms with van der Waals surface area (Å²) in [5.74, 6) is 0. The summed E-state index contributed by atoms with van der Waals surface area (Å²) in [5, 5.41) is 1.37. The minimum absolute atomic E-state index is 0. The molecular weight excluding hydrogens is 897 g/mol. The first kappa shape index (κ1) is 49.7. The first-order chi connectivity index (χ1) is 27.4. The normalized spacial score (nSPS) is 17.8. The van der Waals surface area contributed by atoms with Crippen molar-refractivity contribution < 1.29 is 34.8 Å². The van der Waals surface area contributed by atoms with Crippen LogP contribution >= 0.6 is 0 Å². The summed E-state index contributed by atoms with van der Waals surface area (Å²) in [6, 6.07) is 25.3. The van der Waals surface area contributed by atoms with Crippen LogP contribution in [0, 0.1) is 47.9 Å². The fourth-order valence-electron chi connectivity index (χ4n) is 11.6. The van der Waals surface area contributed by atoms with Crippen LogP contribution in [0.5, 0.6) is 0 Å². The molecule has 4 aromatic rings. The van der Waals surface area contributed by atoms with Gasteiger partial charge >= 0.3 is 43.7 Å². The van der Waals surface area contributed by atoms with Gasteiger partial charge in [-0.25, -0.2) is 0 Å². The van der Waals surface area contributed by atoms with Gasteiger partial charge in [0.2, 0.25) is 0 Å². The molecule has 2 aliphatic carbocycles. The van der Waals surface area contributed by atoms with Crippen molar-refractivity contribution in [1.29, 1.82) is 0 Å². The van der Waals surface area contributed by atoms with E-state index in [4.69, 9.17) is 13.7 Å². The zero-order valence-corrected chi connectivity index (χ0v) is 42.0. The Morgan fingerprint density at radius 3 is 1.12 bits per heavy atom. The molecule has 0 spiro atoms. The van der Waals surface area contributed by atoms with Gasteiger partial charge in [0.15, 0.2) is 0 Å². The van der Waals surface area contributed by atoms with E-state index in [0.29, 0.717) is 0 Å². The maximum absolute atomic E-state index is 7.50. The van der Waals surface area contributed by atoms with E-state index in [1.807, 2.05) is 0 Å². The number of hydrogen-bond donors (Lipinski definition) is 0. The molecule has 4 aromatic carbocycles. The Bertz CT molecular complexity index is 1820. The minimum Gasteiger partial charge on any atom is 2.00 e. The molecule has 0 N–H and O–H groups in total. The Labute approximate surface area is 369 Å². The monoisotopic (exact) mass is 966 g/mol. The molecule has 58 heavy (non-hydrogen) atoms.